The van der Waals surface area contributed by atoms with Crippen molar-refractivity contribution < 1.29 is 28.6 Å². The number of nitrogens with one attached hydrogen (secondary N) is 1. The van der Waals surface area contributed by atoms with Crippen molar-refractivity contribution in [1.82, 2.24) is 19.8 Å². The molecular formula is C28H31ClN4O7. The number of halogens is 1. The molecular weight excluding hydrogens is 540 g/mol. The van der Waals surface area contributed by atoms with E-state index >= 15 is 0 Å². The molecule has 4 rings (SSSR count). The van der Waals surface area contributed by atoms with E-state index in [1.807, 2.05) is 0 Å². The average molecular weight is 571 g/mol. The predicted octanol–water partition coefficient (Wildman–Crippen LogP) is 4.35. The van der Waals surface area contributed by atoms with Gasteiger partial charge in [-0.15, -0.1) is 0 Å². The molecule has 1 fully saturated rings. The Balaban J connectivity index is 1.53. The molecule has 212 valence electrons. The Kier molecular flexibility index (Phi) is 8.34. The number of amides is 2. The SMILES string of the molecule is COC(=O)c1ccc(CNC(=O)O[C@@H]2C[C@@H](c3nc4cccc(Cl)c4c(=O)n3C)N(C(=O)OC(C)(C)C)C2)cc1. The standard InChI is InChI=1S/C28H31ClN4O7/c1-28(2,3)40-27(37)33-15-18(39-26(36)30-14-16-9-11-17(12-10-16)25(35)38-5)13-21(33)23-31-20-8-6-7-19(29)22(20)24(34)32(23)4/h6-12,18,21H,13-15H2,1-5H3,(H,30,36)/t18-,21+/m1/s1. The number of ether oxygens (including phenoxy) is 3. The second kappa shape index (κ2) is 11.5. The van der Waals surface area contributed by atoms with Gasteiger partial charge in [0.05, 0.1) is 41.2 Å². The van der Waals surface area contributed by atoms with E-state index in [0.717, 1.165) is 5.56 Å². The van der Waals surface area contributed by atoms with Crippen LogP contribution in [0.25, 0.3) is 10.9 Å². The quantitative estimate of drug-likeness (QED) is 0.354. The van der Waals surface area contributed by atoms with E-state index < -0.39 is 35.9 Å². The molecule has 2 heterocycles. The largest absolute Gasteiger partial charge is 0.465 e. The first-order valence-corrected chi connectivity index (χ1v) is 13.0. The molecule has 12 heteroatoms. The van der Waals surface area contributed by atoms with Crippen LogP contribution in [-0.4, -0.2) is 58.0 Å². The summed E-state index contributed by atoms with van der Waals surface area (Å²) in [5.74, 6) is -0.131. The number of fused-ring (bicyclic) bond motifs is 1. The van der Waals surface area contributed by atoms with Gasteiger partial charge in [-0.2, -0.15) is 0 Å². The van der Waals surface area contributed by atoms with Crippen molar-refractivity contribution in [3.63, 3.8) is 0 Å². The zero-order valence-corrected chi connectivity index (χ0v) is 23.7. The predicted molar refractivity (Wildman–Crippen MR) is 147 cm³/mol. The highest BCUT2D eigenvalue weighted by Gasteiger charge is 2.42. The molecule has 1 aliphatic rings. The van der Waals surface area contributed by atoms with E-state index in [0.29, 0.717) is 16.9 Å². The molecule has 40 heavy (non-hydrogen) atoms. The number of hydrogen-bond donors (Lipinski definition) is 1. The molecule has 1 aliphatic heterocycles. The maximum Gasteiger partial charge on any atom is 0.411 e. The van der Waals surface area contributed by atoms with Crippen LogP contribution in [0, 0.1) is 0 Å². The second-order valence-corrected chi connectivity index (χ2v) is 10.8. The summed E-state index contributed by atoms with van der Waals surface area (Å²) in [6, 6.07) is 10.9. The first-order valence-electron chi connectivity index (χ1n) is 12.6. The number of alkyl carbamates (subject to hydrolysis) is 1. The molecule has 0 bridgehead atoms. The molecule has 0 aliphatic carbocycles. The maximum absolute atomic E-state index is 13.2. The van der Waals surface area contributed by atoms with Crippen molar-refractivity contribution in [1.29, 1.82) is 0 Å². The van der Waals surface area contributed by atoms with Gasteiger partial charge in [0.15, 0.2) is 0 Å². The molecule has 0 saturated carbocycles. The topological polar surface area (TPSA) is 129 Å². The number of nitrogens with zero attached hydrogens (tertiary/aromatic N) is 3. The number of likely N-dealkylation sites (tertiary alicyclic amines) is 1. The molecule has 1 saturated heterocycles. The lowest BCUT2D eigenvalue weighted by molar-refractivity contribution is 0.0191. The molecule has 1 N–H and O–H groups in total. The first kappa shape index (κ1) is 28.9. The third-order valence-corrected chi connectivity index (χ3v) is 6.68. The van der Waals surface area contributed by atoms with Crippen molar-refractivity contribution >= 4 is 40.7 Å². The van der Waals surface area contributed by atoms with Gasteiger partial charge in [0.25, 0.3) is 5.56 Å². The van der Waals surface area contributed by atoms with E-state index in [2.05, 4.69) is 15.0 Å². The summed E-state index contributed by atoms with van der Waals surface area (Å²) in [4.78, 5) is 56.7. The molecule has 1 aromatic heterocycles. The monoisotopic (exact) mass is 570 g/mol. The summed E-state index contributed by atoms with van der Waals surface area (Å²) in [5.41, 5.74) is 0.424. The van der Waals surface area contributed by atoms with E-state index in [1.165, 1.54) is 16.6 Å². The Morgan fingerprint density at radius 1 is 1.12 bits per heavy atom. The minimum Gasteiger partial charge on any atom is -0.465 e. The molecule has 0 radical (unpaired) electrons. The molecule has 0 spiro atoms. The van der Waals surface area contributed by atoms with Crippen LogP contribution in [0.3, 0.4) is 0 Å². The number of carbonyl (C=O) groups excluding carboxylic acids is 3. The molecule has 3 aromatic rings. The van der Waals surface area contributed by atoms with E-state index in [4.69, 9.17) is 21.1 Å². The zero-order chi connectivity index (χ0) is 29.2. The van der Waals surface area contributed by atoms with Crippen molar-refractivity contribution in [2.45, 2.75) is 51.5 Å². The lowest BCUT2D eigenvalue weighted by Gasteiger charge is -2.28. The third-order valence-electron chi connectivity index (χ3n) is 6.36. The number of aromatic nitrogens is 2. The highest BCUT2D eigenvalue weighted by molar-refractivity contribution is 6.35. The van der Waals surface area contributed by atoms with Gasteiger partial charge in [0, 0.05) is 20.0 Å². The molecule has 2 aromatic carbocycles. The van der Waals surface area contributed by atoms with E-state index in [9.17, 15) is 19.2 Å². The van der Waals surface area contributed by atoms with Gasteiger partial charge >= 0.3 is 18.2 Å². The fourth-order valence-electron chi connectivity index (χ4n) is 4.48. The van der Waals surface area contributed by atoms with Crippen molar-refractivity contribution in [2.24, 2.45) is 7.05 Å². The van der Waals surface area contributed by atoms with Crippen LogP contribution in [-0.2, 0) is 27.8 Å². The summed E-state index contributed by atoms with van der Waals surface area (Å²) in [6.07, 6.45) is -1.78. The summed E-state index contributed by atoms with van der Waals surface area (Å²) in [7, 11) is 2.86. The Morgan fingerprint density at radius 3 is 2.48 bits per heavy atom. The molecule has 11 nitrogen and oxygen atoms in total. The fourth-order valence-corrected chi connectivity index (χ4v) is 4.73. The van der Waals surface area contributed by atoms with Gasteiger partial charge in [0.2, 0.25) is 0 Å². The van der Waals surface area contributed by atoms with E-state index in [1.54, 1.807) is 70.3 Å². The van der Waals surface area contributed by atoms with Gasteiger partial charge < -0.3 is 19.5 Å². The van der Waals surface area contributed by atoms with Gasteiger partial charge in [-0.05, 0) is 50.6 Å². The van der Waals surface area contributed by atoms with Crippen molar-refractivity contribution in [3.8, 4) is 0 Å². The summed E-state index contributed by atoms with van der Waals surface area (Å²) in [5, 5.41) is 3.24. The van der Waals surface area contributed by atoms with Gasteiger partial charge in [-0.25, -0.2) is 19.4 Å². The minimum absolute atomic E-state index is 0.0459. The number of methoxy groups -OCH3 is 1. The molecule has 2 amide bonds. The Labute approximate surface area is 236 Å². The van der Waals surface area contributed by atoms with Gasteiger partial charge in [-0.3, -0.25) is 14.3 Å². The number of esters is 1. The zero-order valence-electron chi connectivity index (χ0n) is 22.9. The number of carbonyl (C=O) groups is 3. The third kappa shape index (κ3) is 6.36. The van der Waals surface area contributed by atoms with Crippen LogP contribution >= 0.6 is 11.6 Å². The fraction of sp³-hybridized carbons (Fsp3) is 0.393. The number of hydrogen-bond acceptors (Lipinski definition) is 8. The van der Waals surface area contributed by atoms with Gasteiger partial charge in [-0.1, -0.05) is 29.8 Å². The van der Waals surface area contributed by atoms with Gasteiger partial charge in [0.1, 0.15) is 17.5 Å². The summed E-state index contributed by atoms with van der Waals surface area (Å²) in [6.45, 7) is 5.46. The molecule has 2 atom stereocenters. The summed E-state index contributed by atoms with van der Waals surface area (Å²) >= 11 is 6.26. The summed E-state index contributed by atoms with van der Waals surface area (Å²) < 4.78 is 17.3. The minimum atomic E-state index is -0.766. The highest BCUT2D eigenvalue weighted by atomic mass is 35.5. The first-order chi connectivity index (χ1) is 18.9. The Bertz CT molecular complexity index is 1500. The van der Waals surface area contributed by atoms with Crippen LogP contribution in [0.1, 0.15) is 55.0 Å². The van der Waals surface area contributed by atoms with Crippen LogP contribution in [0.2, 0.25) is 5.02 Å². The van der Waals surface area contributed by atoms with E-state index in [-0.39, 0.29) is 35.5 Å². The Morgan fingerprint density at radius 2 is 1.82 bits per heavy atom. The van der Waals surface area contributed by atoms with Crippen LogP contribution < -0.4 is 10.9 Å². The normalized spacial score (nSPS) is 17.0. The average Bonchev–Trinajstić information content (AvgIpc) is 3.32. The van der Waals surface area contributed by atoms with Crippen LogP contribution in [0.4, 0.5) is 9.59 Å². The van der Waals surface area contributed by atoms with Crippen molar-refractivity contribution in [2.75, 3.05) is 13.7 Å². The maximum atomic E-state index is 13.2. The Hall–Kier alpha value is -4.12. The van der Waals surface area contributed by atoms with Crippen LogP contribution in [0.5, 0.6) is 0 Å². The lowest BCUT2D eigenvalue weighted by atomic mass is 10.1. The number of rotatable bonds is 5. The smallest absolute Gasteiger partial charge is 0.411 e. The second-order valence-electron chi connectivity index (χ2n) is 10.4. The lowest BCUT2D eigenvalue weighted by Crippen LogP contribution is -2.39. The molecule has 0 unspecified atom stereocenters. The van der Waals surface area contributed by atoms with Crippen LogP contribution in [0.15, 0.2) is 47.3 Å². The van der Waals surface area contributed by atoms with Crippen molar-refractivity contribution in [3.05, 3.63) is 74.8 Å². The number of benzene rings is 2. The highest BCUT2D eigenvalue weighted by Crippen LogP contribution is 2.34.